The van der Waals surface area contributed by atoms with Crippen LogP contribution in [0.15, 0.2) is 12.1 Å². The number of carbonyl (C=O) groups is 1. The molecule has 1 aliphatic carbocycles. The third kappa shape index (κ3) is 5.34. The molecule has 0 unspecified atom stereocenters. The smallest absolute Gasteiger partial charge is 0.222 e. The zero-order valence-electron chi connectivity index (χ0n) is 17.6. The Bertz CT molecular complexity index is 836. The Hall–Kier alpha value is -2.44. The summed E-state index contributed by atoms with van der Waals surface area (Å²) in [6.07, 6.45) is 8.20. The molecule has 156 valence electrons. The summed E-state index contributed by atoms with van der Waals surface area (Å²) in [5.41, 5.74) is 2.12. The number of H-pyrrole nitrogens is 1. The fraction of sp³-hybridized carbons (Fsp3) is 0.636. The number of amides is 1. The van der Waals surface area contributed by atoms with E-state index in [1.807, 2.05) is 13.0 Å². The number of likely N-dealkylation sites (tertiary alicyclic amines) is 1. The molecule has 2 fully saturated rings. The average Bonchev–Trinajstić information content (AvgIpc) is 3.49. The molecule has 1 saturated heterocycles. The highest BCUT2D eigenvalue weighted by molar-refractivity contribution is 5.76. The number of hydrogen-bond acceptors (Lipinski definition) is 5. The first-order valence-corrected chi connectivity index (χ1v) is 11.1. The van der Waals surface area contributed by atoms with Crippen molar-refractivity contribution in [2.45, 2.75) is 71.1 Å². The highest BCUT2D eigenvalue weighted by Gasteiger charge is 2.28. The van der Waals surface area contributed by atoms with Crippen LogP contribution in [0.1, 0.15) is 75.0 Å². The Balaban J connectivity index is 1.39. The van der Waals surface area contributed by atoms with Gasteiger partial charge in [0.25, 0.3) is 0 Å². The molecule has 0 spiro atoms. The summed E-state index contributed by atoms with van der Waals surface area (Å²) in [6.45, 7) is 5.88. The molecule has 0 bridgehead atoms. The van der Waals surface area contributed by atoms with E-state index >= 15 is 0 Å². The summed E-state index contributed by atoms with van der Waals surface area (Å²) in [5, 5.41) is 10.5. The van der Waals surface area contributed by atoms with Crippen LogP contribution in [0.5, 0.6) is 0 Å². The van der Waals surface area contributed by atoms with Gasteiger partial charge in [-0.25, -0.2) is 9.97 Å². The van der Waals surface area contributed by atoms with Gasteiger partial charge >= 0.3 is 0 Å². The molecule has 1 aliphatic heterocycles. The quantitative estimate of drug-likeness (QED) is 0.701. The third-order valence-electron chi connectivity index (χ3n) is 5.91. The number of aromatic amines is 1. The van der Waals surface area contributed by atoms with Gasteiger partial charge in [-0.1, -0.05) is 13.3 Å². The van der Waals surface area contributed by atoms with Crippen molar-refractivity contribution in [3.63, 3.8) is 0 Å². The first kappa shape index (κ1) is 19.9. The number of anilines is 2. The van der Waals surface area contributed by atoms with Crippen molar-refractivity contribution < 1.29 is 4.79 Å². The fourth-order valence-electron chi connectivity index (χ4n) is 3.99. The minimum Gasteiger partial charge on any atom is -0.343 e. The maximum absolute atomic E-state index is 12.3. The second kappa shape index (κ2) is 8.93. The first-order valence-electron chi connectivity index (χ1n) is 11.1. The molecule has 0 radical (unpaired) electrons. The lowest BCUT2D eigenvalue weighted by atomic mass is 9.91. The largest absolute Gasteiger partial charge is 0.343 e. The molecule has 7 nitrogen and oxygen atoms in total. The molecule has 1 amide bonds. The highest BCUT2D eigenvalue weighted by atomic mass is 16.2. The molecule has 0 aromatic carbocycles. The summed E-state index contributed by atoms with van der Waals surface area (Å²) in [6, 6.07) is 4.04. The second-order valence-electron chi connectivity index (χ2n) is 8.57. The number of piperidine rings is 1. The van der Waals surface area contributed by atoms with Crippen molar-refractivity contribution in [2.75, 3.05) is 18.4 Å². The Labute approximate surface area is 172 Å². The third-order valence-corrected chi connectivity index (χ3v) is 5.91. The van der Waals surface area contributed by atoms with Gasteiger partial charge in [-0.3, -0.25) is 9.89 Å². The lowest BCUT2D eigenvalue weighted by Gasteiger charge is -2.32. The number of nitrogens with zero attached hydrogens (tertiary/aromatic N) is 4. The van der Waals surface area contributed by atoms with Gasteiger partial charge in [0.2, 0.25) is 5.91 Å². The second-order valence-corrected chi connectivity index (χ2v) is 8.57. The molecular formula is C22H32N6O. The van der Waals surface area contributed by atoms with Crippen molar-refractivity contribution in [1.82, 2.24) is 25.1 Å². The summed E-state index contributed by atoms with van der Waals surface area (Å²) in [7, 11) is 0. The van der Waals surface area contributed by atoms with Crippen LogP contribution < -0.4 is 5.32 Å². The molecule has 2 N–H and O–H groups in total. The average molecular weight is 397 g/mol. The number of nitrogens with one attached hydrogen (secondary N) is 2. The van der Waals surface area contributed by atoms with E-state index < -0.39 is 0 Å². The van der Waals surface area contributed by atoms with Gasteiger partial charge in [0, 0.05) is 48.9 Å². The SMILES string of the molecule is CCCCC(=O)N1CCC(Cc2cc(Nc3cc(C)[nH]n3)nc(C3CC3)n2)CC1. The Morgan fingerprint density at radius 1 is 1.17 bits per heavy atom. The van der Waals surface area contributed by atoms with Crippen LogP contribution in [0.4, 0.5) is 11.6 Å². The van der Waals surface area contributed by atoms with Crippen molar-refractivity contribution in [3.8, 4) is 0 Å². The molecule has 1 saturated carbocycles. The molecule has 29 heavy (non-hydrogen) atoms. The van der Waals surface area contributed by atoms with E-state index in [1.165, 1.54) is 12.8 Å². The maximum atomic E-state index is 12.3. The van der Waals surface area contributed by atoms with Crippen LogP contribution in [0.2, 0.25) is 0 Å². The first-order chi connectivity index (χ1) is 14.1. The van der Waals surface area contributed by atoms with Crippen LogP contribution in [0, 0.1) is 12.8 Å². The van der Waals surface area contributed by atoms with Gasteiger partial charge in [0.05, 0.1) is 0 Å². The predicted molar refractivity (Wildman–Crippen MR) is 113 cm³/mol. The van der Waals surface area contributed by atoms with Gasteiger partial charge in [0.15, 0.2) is 5.82 Å². The maximum Gasteiger partial charge on any atom is 0.222 e. The van der Waals surface area contributed by atoms with E-state index in [2.05, 4.69) is 33.4 Å². The molecular weight excluding hydrogens is 364 g/mol. The summed E-state index contributed by atoms with van der Waals surface area (Å²) < 4.78 is 0. The van der Waals surface area contributed by atoms with E-state index in [-0.39, 0.29) is 0 Å². The zero-order chi connectivity index (χ0) is 20.2. The minimum absolute atomic E-state index is 0.323. The van der Waals surface area contributed by atoms with Crippen molar-refractivity contribution in [2.24, 2.45) is 5.92 Å². The van der Waals surface area contributed by atoms with E-state index in [4.69, 9.17) is 9.97 Å². The van der Waals surface area contributed by atoms with E-state index in [0.29, 0.717) is 24.2 Å². The predicted octanol–water partition coefficient (Wildman–Crippen LogP) is 4.10. The number of aromatic nitrogens is 4. The normalized spacial score (nSPS) is 17.5. The summed E-state index contributed by atoms with van der Waals surface area (Å²) in [5.74, 6) is 3.99. The van der Waals surface area contributed by atoms with E-state index in [9.17, 15) is 4.79 Å². The van der Waals surface area contributed by atoms with Gasteiger partial charge < -0.3 is 10.2 Å². The Morgan fingerprint density at radius 3 is 2.62 bits per heavy atom. The van der Waals surface area contributed by atoms with Crippen LogP contribution in [0.25, 0.3) is 0 Å². The number of carbonyl (C=O) groups excluding carboxylic acids is 1. The van der Waals surface area contributed by atoms with Crippen LogP contribution >= 0.6 is 0 Å². The Kier molecular flexibility index (Phi) is 6.11. The fourth-order valence-corrected chi connectivity index (χ4v) is 3.99. The molecule has 2 aliphatic rings. The highest BCUT2D eigenvalue weighted by Crippen LogP contribution is 2.39. The molecule has 0 atom stereocenters. The lowest BCUT2D eigenvalue weighted by Crippen LogP contribution is -2.38. The van der Waals surface area contributed by atoms with Crippen molar-refractivity contribution in [1.29, 1.82) is 0 Å². The topological polar surface area (TPSA) is 86.8 Å². The molecule has 3 heterocycles. The molecule has 2 aromatic heterocycles. The van der Waals surface area contributed by atoms with E-state index in [1.54, 1.807) is 0 Å². The standard InChI is InChI=1S/C22H32N6O/c1-3-4-5-21(29)28-10-8-16(9-11-28)13-18-14-19(24-20-12-15(2)26-27-20)25-22(23-18)17-6-7-17/h12,14,16-17H,3-11,13H2,1-2H3,(H2,23,24,25,26,27). The number of aryl methyl sites for hydroxylation is 1. The van der Waals surface area contributed by atoms with Gasteiger partial charge in [-0.2, -0.15) is 5.10 Å². The Morgan fingerprint density at radius 2 is 1.97 bits per heavy atom. The summed E-state index contributed by atoms with van der Waals surface area (Å²) >= 11 is 0. The minimum atomic E-state index is 0.323. The van der Waals surface area contributed by atoms with Crippen LogP contribution in [-0.4, -0.2) is 44.1 Å². The monoisotopic (exact) mass is 396 g/mol. The molecule has 4 rings (SSSR count). The van der Waals surface area contributed by atoms with Gasteiger partial charge in [0.1, 0.15) is 11.6 Å². The lowest BCUT2D eigenvalue weighted by molar-refractivity contribution is -0.132. The van der Waals surface area contributed by atoms with Crippen LogP contribution in [0.3, 0.4) is 0 Å². The molecule has 2 aromatic rings. The number of rotatable bonds is 8. The van der Waals surface area contributed by atoms with E-state index in [0.717, 1.165) is 74.0 Å². The van der Waals surface area contributed by atoms with Gasteiger partial charge in [-0.15, -0.1) is 0 Å². The zero-order valence-corrected chi connectivity index (χ0v) is 17.6. The molecule has 7 heteroatoms. The number of hydrogen-bond donors (Lipinski definition) is 2. The van der Waals surface area contributed by atoms with Crippen molar-refractivity contribution >= 4 is 17.5 Å². The van der Waals surface area contributed by atoms with Crippen LogP contribution in [-0.2, 0) is 11.2 Å². The van der Waals surface area contributed by atoms with Crippen molar-refractivity contribution in [3.05, 3.63) is 29.3 Å². The van der Waals surface area contributed by atoms with Gasteiger partial charge in [-0.05, 0) is 51.4 Å². The summed E-state index contributed by atoms with van der Waals surface area (Å²) in [4.78, 5) is 23.9. The number of unbranched alkanes of at least 4 members (excludes halogenated alkanes) is 1.